The zero-order valence-corrected chi connectivity index (χ0v) is 9.70. The first kappa shape index (κ1) is 12.8. The fourth-order valence-corrected chi connectivity index (χ4v) is 2.21. The van der Waals surface area contributed by atoms with Crippen molar-refractivity contribution in [1.82, 2.24) is 0 Å². The van der Waals surface area contributed by atoms with Crippen molar-refractivity contribution in [3.05, 3.63) is 53.6 Å². The van der Waals surface area contributed by atoms with Gasteiger partial charge in [-0.1, -0.05) is 11.8 Å². The maximum absolute atomic E-state index is 13.5. The molecule has 0 saturated heterocycles. The summed E-state index contributed by atoms with van der Waals surface area (Å²) in [6.07, 6.45) is 0. The second kappa shape index (κ2) is 4.89. The van der Waals surface area contributed by atoms with Gasteiger partial charge in [0.25, 0.3) is 0 Å². The van der Waals surface area contributed by atoms with Crippen molar-refractivity contribution in [2.75, 3.05) is 5.73 Å². The van der Waals surface area contributed by atoms with Crippen LogP contribution in [-0.2, 0) is 0 Å². The summed E-state index contributed by atoms with van der Waals surface area (Å²) < 4.78 is 53.2. The highest BCUT2D eigenvalue weighted by atomic mass is 32.2. The molecule has 0 amide bonds. The first-order valence-electron chi connectivity index (χ1n) is 4.85. The number of benzene rings is 2. The van der Waals surface area contributed by atoms with Gasteiger partial charge in [-0.05, 0) is 30.3 Å². The molecule has 0 radical (unpaired) electrons. The molecule has 0 heterocycles. The van der Waals surface area contributed by atoms with Crippen LogP contribution in [0.2, 0.25) is 0 Å². The first-order chi connectivity index (χ1) is 8.47. The fourth-order valence-electron chi connectivity index (χ4n) is 1.34. The highest BCUT2D eigenvalue weighted by Gasteiger charge is 2.14. The van der Waals surface area contributed by atoms with E-state index in [4.69, 9.17) is 5.73 Å². The average Bonchev–Trinajstić information content (AvgIpc) is 2.28. The molecule has 0 aliphatic rings. The minimum Gasteiger partial charge on any atom is -0.399 e. The summed E-state index contributed by atoms with van der Waals surface area (Å²) in [5.74, 6) is -3.27. The number of nitrogen functional groups attached to an aromatic ring is 1. The van der Waals surface area contributed by atoms with Crippen molar-refractivity contribution in [3.63, 3.8) is 0 Å². The predicted octanol–water partition coefficient (Wildman–Crippen LogP) is 3.98. The van der Waals surface area contributed by atoms with Gasteiger partial charge in [-0.3, -0.25) is 0 Å². The van der Waals surface area contributed by atoms with Crippen LogP contribution in [0.15, 0.2) is 40.1 Å². The van der Waals surface area contributed by atoms with Crippen molar-refractivity contribution in [2.45, 2.75) is 9.79 Å². The summed E-state index contributed by atoms with van der Waals surface area (Å²) in [6.45, 7) is 0. The zero-order valence-electron chi connectivity index (χ0n) is 8.88. The Kier molecular flexibility index (Phi) is 3.47. The van der Waals surface area contributed by atoms with Gasteiger partial charge in [0.15, 0.2) is 0 Å². The fraction of sp³-hybridized carbons (Fsp3) is 0. The third-order valence-corrected chi connectivity index (χ3v) is 3.25. The van der Waals surface area contributed by atoms with E-state index in [1.165, 1.54) is 0 Å². The molecule has 0 saturated carbocycles. The zero-order chi connectivity index (χ0) is 13.3. The van der Waals surface area contributed by atoms with Crippen molar-refractivity contribution >= 4 is 17.4 Å². The lowest BCUT2D eigenvalue weighted by atomic mass is 10.3. The Labute approximate surface area is 105 Å². The summed E-state index contributed by atoms with van der Waals surface area (Å²) in [6, 6.07) is 4.53. The monoisotopic (exact) mass is 273 g/mol. The predicted molar refractivity (Wildman–Crippen MR) is 61.3 cm³/mol. The van der Waals surface area contributed by atoms with Crippen LogP contribution >= 0.6 is 11.8 Å². The first-order valence-corrected chi connectivity index (χ1v) is 5.66. The molecule has 6 heteroatoms. The lowest BCUT2D eigenvalue weighted by Crippen LogP contribution is -1.94. The molecule has 2 aromatic carbocycles. The molecule has 94 valence electrons. The topological polar surface area (TPSA) is 26.0 Å². The van der Waals surface area contributed by atoms with Gasteiger partial charge in [-0.2, -0.15) is 0 Å². The Morgan fingerprint density at radius 1 is 0.833 bits per heavy atom. The van der Waals surface area contributed by atoms with E-state index in [9.17, 15) is 17.6 Å². The third-order valence-electron chi connectivity index (χ3n) is 2.13. The van der Waals surface area contributed by atoms with Crippen LogP contribution in [0.3, 0.4) is 0 Å². The number of hydrogen-bond donors (Lipinski definition) is 1. The van der Waals surface area contributed by atoms with Gasteiger partial charge < -0.3 is 5.73 Å². The third kappa shape index (κ3) is 2.59. The van der Waals surface area contributed by atoms with E-state index in [-0.39, 0.29) is 10.6 Å². The lowest BCUT2D eigenvalue weighted by Gasteiger charge is -2.07. The Morgan fingerprint density at radius 2 is 1.44 bits per heavy atom. The quantitative estimate of drug-likeness (QED) is 0.661. The molecule has 0 unspecified atom stereocenters. The second-order valence-electron chi connectivity index (χ2n) is 3.49. The highest BCUT2D eigenvalue weighted by molar-refractivity contribution is 7.99. The molecular formula is C12H7F4NS. The minimum absolute atomic E-state index is 0.0749. The molecule has 0 atom stereocenters. The van der Waals surface area contributed by atoms with Crippen molar-refractivity contribution in [1.29, 1.82) is 0 Å². The summed E-state index contributed by atoms with van der Waals surface area (Å²) in [5, 5.41) is 0. The van der Waals surface area contributed by atoms with Crippen LogP contribution in [0.25, 0.3) is 0 Å². The number of rotatable bonds is 2. The standard InChI is InChI=1S/C12H7F4NS/c13-6-1-2-8(14)11(3-6)18-12-9(15)4-7(17)5-10(12)16/h1-5H,17H2. The summed E-state index contributed by atoms with van der Waals surface area (Å²) in [5.41, 5.74) is 5.18. The average molecular weight is 273 g/mol. The largest absolute Gasteiger partial charge is 0.399 e. The SMILES string of the molecule is Nc1cc(F)c(Sc2cc(F)ccc2F)c(F)c1. The molecule has 2 aromatic rings. The summed E-state index contributed by atoms with van der Waals surface area (Å²) in [7, 11) is 0. The normalized spacial score (nSPS) is 10.7. The number of hydrogen-bond acceptors (Lipinski definition) is 2. The molecule has 2 N–H and O–H groups in total. The van der Waals surface area contributed by atoms with E-state index in [0.717, 1.165) is 30.3 Å². The molecule has 1 nitrogen and oxygen atoms in total. The van der Waals surface area contributed by atoms with Crippen molar-refractivity contribution in [2.24, 2.45) is 0 Å². The molecule has 0 fully saturated rings. The number of nitrogens with two attached hydrogens (primary N) is 1. The van der Waals surface area contributed by atoms with Gasteiger partial charge in [-0.25, -0.2) is 17.6 Å². The maximum Gasteiger partial charge on any atom is 0.142 e. The maximum atomic E-state index is 13.5. The molecule has 0 spiro atoms. The number of halogens is 4. The van der Waals surface area contributed by atoms with Crippen molar-refractivity contribution < 1.29 is 17.6 Å². The number of anilines is 1. The Morgan fingerprint density at radius 3 is 2.06 bits per heavy atom. The van der Waals surface area contributed by atoms with Crippen LogP contribution < -0.4 is 5.73 Å². The Bertz CT molecular complexity index is 578. The Hall–Kier alpha value is -1.69. The summed E-state index contributed by atoms with van der Waals surface area (Å²) in [4.78, 5) is -0.619. The Balaban J connectivity index is 2.43. The van der Waals surface area contributed by atoms with Crippen molar-refractivity contribution in [3.8, 4) is 0 Å². The van der Waals surface area contributed by atoms with E-state index >= 15 is 0 Å². The van der Waals surface area contributed by atoms with Gasteiger partial charge in [0.05, 0.1) is 9.79 Å². The molecule has 0 aliphatic heterocycles. The molecule has 0 aromatic heterocycles. The molecule has 18 heavy (non-hydrogen) atoms. The van der Waals surface area contributed by atoms with E-state index in [1.807, 2.05) is 0 Å². The van der Waals surface area contributed by atoms with Gasteiger partial charge in [-0.15, -0.1) is 0 Å². The highest BCUT2D eigenvalue weighted by Crippen LogP contribution is 2.34. The molecular weight excluding hydrogens is 266 g/mol. The van der Waals surface area contributed by atoms with Crippen LogP contribution in [-0.4, -0.2) is 0 Å². The molecule has 0 aliphatic carbocycles. The molecule has 2 rings (SSSR count). The van der Waals surface area contributed by atoms with E-state index in [0.29, 0.717) is 11.8 Å². The van der Waals surface area contributed by atoms with Gasteiger partial charge in [0.1, 0.15) is 23.3 Å². The van der Waals surface area contributed by atoms with Gasteiger partial charge in [0, 0.05) is 5.69 Å². The van der Waals surface area contributed by atoms with E-state index in [2.05, 4.69) is 0 Å². The minimum atomic E-state index is -0.916. The van der Waals surface area contributed by atoms with Gasteiger partial charge in [0.2, 0.25) is 0 Å². The lowest BCUT2D eigenvalue weighted by molar-refractivity contribution is 0.540. The summed E-state index contributed by atoms with van der Waals surface area (Å²) >= 11 is 0.470. The van der Waals surface area contributed by atoms with Crippen LogP contribution in [0.4, 0.5) is 23.2 Å². The molecule has 0 bridgehead atoms. The van der Waals surface area contributed by atoms with E-state index in [1.54, 1.807) is 0 Å². The smallest absolute Gasteiger partial charge is 0.142 e. The van der Waals surface area contributed by atoms with E-state index < -0.39 is 28.2 Å². The van der Waals surface area contributed by atoms with Crippen LogP contribution in [0.1, 0.15) is 0 Å². The van der Waals surface area contributed by atoms with Gasteiger partial charge >= 0.3 is 0 Å². The van der Waals surface area contributed by atoms with Crippen LogP contribution in [0, 0.1) is 23.3 Å². The van der Waals surface area contributed by atoms with Crippen LogP contribution in [0.5, 0.6) is 0 Å². The second-order valence-corrected chi connectivity index (χ2v) is 4.54.